The molecule has 19 heavy (non-hydrogen) atoms. The van der Waals surface area contributed by atoms with Crippen LogP contribution in [0.1, 0.15) is 19.4 Å². The summed E-state index contributed by atoms with van der Waals surface area (Å²) in [5.74, 6) is 0.103. The molecule has 1 atom stereocenters. The van der Waals surface area contributed by atoms with Crippen LogP contribution >= 0.6 is 0 Å². The van der Waals surface area contributed by atoms with E-state index in [0.29, 0.717) is 19.6 Å². The van der Waals surface area contributed by atoms with E-state index >= 15 is 0 Å². The van der Waals surface area contributed by atoms with E-state index in [2.05, 4.69) is 23.7 Å². The third-order valence-corrected chi connectivity index (χ3v) is 3.74. The SMILES string of the molecule is CN1CC(C)(C)N(Cc2cccnc2)C(CN)C1=O. The van der Waals surface area contributed by atoms with Gasteiger partial charge in [0.2, 0.25) is 5.91 Å². The van der Waals surface area contributed by atoms with Crippen LogP contribution in [0.4, 0.5) is 0 Å². The van der Waals surface area contributed by atoms with Gasteiger partial charge in [-0.05, 0) is 25.5 Å². The van der Waals surface area contributed by atoms with Gasteiger partial charge >= 0.3 is 0 Å². The van der Waals surface area contributed by atoms with E-state index in [0.717, 1.165) is 5.56 Å². The molecule has 5 heteroatoms. The minimum absolute atomic E-state index is 0.0947. The molecule has 1 saturated heterocycles. The third-order valence-electron chi connectivity index (χ3n) is 3.74. The Balaban J connectivity index is 2.26. The second-order valence-electron chi connectivity index (χ2n) is 5.75. The molecule has 1 aliphatic rings. The number of pyridine rings is 1. The molecule has 1 fully saturated rings. The van der Waals surface area contributed by atoms with E-state index in [-0.39, 0.29) is 17.5 Å². The fourth-order valence-electron chi connectivity index (χ4n) is 2.80. The van der Waals surface area contributed by atoms with E-state index in [1.54, 1.807) is 11.1 Å². The highest BCUT2D eigenvalue weighted by Crippen LogP contribution is 2.26. The molecule has 0 spiro atoms. The van der Waals surface area contributed by atoms with Crippen LogP contribution in [0.3, 0.4) is 0 Å². The normalized spacial score (nSPS) is 23.7. The molecule has 1 aromatic rings. The molecule has 0 aromatic carbocycles. The maximum Gasteiger partial charge on any atom is 0.241 e. The maximum absolute atomic E-state index is 12.2. The highest BCUT2D eigenvalue weighted by atomic mass is 16.2. The summed E-state index contributed by atoms with van der Waals surface area (Å²) in [6.07, 6.45) is 3.59. The van der Waals surface area contributed by atoms with Gasteiger partial charge in [0.05, 0.1) is 0 Å². The van der Waals surface area contributed by atoms with Gasteiger partial charge in [-0.3, -0.25) is 14.7 Å². The van der Waals surface area contributed by atoms with Crippen LogP contribution in [0.15, 0.2) is 24.5 Å². The first-order valence-electron chi connectivity index (χ1n) is 6.56. The second kappa shape index (κ2) is 5.27. The van der Waals surface area contributed by atoms with E-state index in [1.807, 2.05) is 25.4 Å². The molecule has 1 amide bonds. The number of carbonyl (C=O) groups is 1. The molecule has 0 radical (unpaired) electrons. The van der Waals surface area contributed by atoms with Crippen LogP contribution in [0.25, 0.3) is 0 Å². The molecule has 2 heterocycles. The van der Waals surface area contributed by atoms with Gasteiger partial charge < -0.3 is 10.6 Å². The van der Waals surface area contributed by atoms with Crippen molar-refractivity contribution in [3.8, 4) is 0 Å². The van der Waals surface area contributed by atoms with Crippen molar-refractivity contribution in [1.82, 2.24) is 14.8 Å². The Morgan fingerprint density at radius 3 is 2.84 bits per heavy atom. The van der Waals surface area contributed by atoms with Gasteiger partial charge in [-0.2, -0.15) is 0 Å². The summed E-state index contributed by atoms with van der Waals surface area (Å²) in [7, 11) is 1.84. The average molecular weight is 262 g/mol. The lowest BCUT2D eigenvalue weighted by Gasteiger charge is -2.50. The number of amides is 1. The molecule has 1 aliphatic heterocycles. The van der Waals surface area contributed by atoms with Crippen molar-refractivity contribution in [2.45, 2.75) is 32.0 Å². The first-order valence-corrected chi connectivity index (χ1v) is 6.56. The monoisotopic (exact) mass is 262 g/mol. The van der Waals surface area contributed by atoms with Crippen molar-refractivity contribution in [2.24, 2.45) is 5.73 Å². The highest BCUT2D eigenvalue weighted by molar-refractivity contribution is 5.83. The van der Waals surface area contributed by atoms with Gasteiger partial charge in [0.25, 0.3) is 0 Å². The number of hydrogen-bond acceptors (Lipinski definition) is 4. The van der Waals surface area contributed by atoms with Crippen molar-refractivity contribution in [3.05, 3.63) is 30.1 Å². The molecule has 0 bridgehead atoms. The Labute approximate surface area is 114 Å². The molecule has 5 nitrogen and oxygen atoms in total. The molecule has 0 saturated carbocycles. The molecule has 104 valence electrons. The van der Waals surface area contributed by atoms with E-state index in [9.17, 15) is 4.79 Å². The fraction of sp³-hybridized carbons (Fsp3) is 0.571. The third kappa shape index (κ3) is 2.77. The molecule has 0 aliphatic carbocycles. The largest absolute Gasteiger partial charge is 0.343 e. The number of nitrogens with two attached hydrogens (primary N) is 1. The summed E-state index contributed by atoms with van der Waals surface area (Å²) in [5, 5.41) is 0. The first kappa shape index (κ1) is 14.0. The van der Waals surface area contributed by atoms with Crippen molar-refractivity contribution < 1.29 is 4.79 Å². The van der Waals surface area contributed by atoms with E-state index in [1.165, 1.54) is 0 Å². The zero-order valence-corrected chi connectivity index (χ0v) is 11.8. The summed E-state index contributed by atoms with van der Waals surface area (Å²) < 4.78 is 0. The number of piperazine rings is 1. The summed E-state index contributed by atoms with van der Waals surface area (Å²) in [4.78, 5) is 20.3. The number of carbonyl (C=O) groups excluding carboxylic acids is 1. The summed E-state index contributed by atoms with van der Waals surface area (Å²) in [6, 6.07) is 3.69. The van der Waals surface area contributed by atoms with Gasteiger partial charge in [0, 0.05) is 44.6 Å². The first-order chi connectivity index (χ1) is 8.95. The Morgan fingerprint density at radius 2 is 2.26 bits per heavy atom. The minimum Gasteiger partial charge on any atom is -0.343 e. The highest BCUT2D eigenvalue weighted by Gasteiger charge is 2.42. The van der Waals surface area contributed by atoms with Crippen LogP contribution in [0.2, 0.25) is 0 Å². The summed E-state index contributed by atoms with van der Waals surface area (Å²) in [6.45, 7) is 6.04. The number of rotatable bonds is 3. The van der Waals surface area contributed by atoms with Crippen LogP contribution in [-0.2, 0) is 11.3 Å². The molecule has 2 rings (SSSR count). The fourth-order valence-corrected chi connectivity index (χ4v) is 2.80. The molecule has 1 aromatic heterocycles. The Kier molecular flexibility index (Phi) is 3.87. The van der Waals surface area contributed by atoms with E-state index in [4.69, 9.17) is 5.73 Å². The number of aromatic nitrogens is 1. The number of hydrogen-bond donors (Lipinski definition) is 1. The lowest BCUT2D eigenvalue weighted by Crippen LogP contribution is -2.67. The van der Waals surface area contributed by atoms with Gasteiger partial charge in [0.15, 0.2) is 0 Å². The van der Waals surface area contributed by atoms with Crippen molar-refractivity contribution in [1.29, 1.82) is 0 Å². The molecular formula is C14H22N4O. The van der Waals surface area contributed by atoms with Gasteiger partial charge in [0.1, 0.15) is 6.04 Å². The topological polar surface area (TPSA) is 62.5 Å². The lowest BCUT2D eigenvalue weighted by atomic mass is 9.93. The van der Waals surface area contributed by atoms with Crippen molar-refractivity contribution in [2.75, 3.05) is 20.1 Å². The van der Waals surface area contributed by atoms with Crippen LogP contribution < -0.4 is 5.73 Å². The lowest BCUT2D eigenvalue weighted by molar-refractivity contribution is -0.148. The Hall–Kier alpha value is -1.46. The van der Waals surface area contributed by atoms with Crippen LogP contribution in [-0.4, -0.2) is 52.4 Å². The Morgan fingerprint density at radius 1 is 1.53 bits per heavy atom. The number of nitrogens with zero attached hydrogens (tertiary/aromatic N) is 3. The quantitative estimate of drug-likeness (QED) is 0.859. The standard InChI is InChI=1S/C14H22N4O/c1-14(2)10-17(3)13(19)12(7-15)18(14)9-11-5-4-6-16-8-11/h4-6,8,12H,7,9-10,15H2,1-3H3. The summed E-state index contributed by atoms with van der Waals surface area (Å²) in [5.41, 5.74) is 6.82. The van der Waals surface area contributed by atoms with Crippen molar-refractivity contribution >= 4 is 5.91 Å². The predicted octanol–water partition coefficient (Wildman–Crippen LogP) is 0.461. The van der Waals surface area contributed by atoms with E-state index < -0.39 is 0 Å². The van der Waals surface area contributed by atoms with Crippen LogP contribution in [0.5, 0.6) is 0 Å². The van der Waals surface area contributed by atoms with Gasteiger partial charge in [-0.25, -0.2) is 0 Å². The number of likely N-dealkylation sites (N-methyl/N-ethyl adjacent to an activating group) is 1. The van der Waals surface area contributed by atoms with Gasteiger partial charge in [-0.1, -0.05) is 6.07 Å². The Bertz CT molecular complexity index is 446. The maximum atomic E-state index is 12.2. The molecule has 1 unspecified atom stereocenters. The minimum atomic E-state index is -0.256. The second-order valence-corrected chi connectivity index (χ2v) is 5.75. The molecule has 2 N–H and O–H groups in total. The van der Waals surface area contributed by atoms with Crippen molar-refractivity contribution in [3.63, 3.8) is 0 Å². The predicted molar refractivity (Wildman–Crippen MR) is 74.3 cm³/mol. The average Bonchev–Trinajstić information content (AvgIpc) is 2.37. The smallest absolute Gasteiger partial charge is 0.241 e. The van der Waals surface area contributed by atoms with Crippen LogP contribution in [0, 0.1) is 0 Å². The summed E-state index contributed by atoms with van der Waals surface area (Å²) >= 11 is 0. The van der Waals surface area contributed by atoms with Gasteiger partial charge in [-0.15, -0.1) is 0 Å². The molecular weight excluding hydrogens is 240 g/mol. The zero-order chi connectivity index (χ0) is 14.0. The zero-order valence-electron chi connectivity index (χ0n) is 11.8.